The van der Waals surface area contributed by atoms with Crippen molar-refractivity contribution in [3.63, 3.8) is 0 Å². The van der Waals surface area contributed by atoms with Crippen LogP contribution < -0.4 is 5.32 Å². The highest BCUT2D eigenvalue weighted by atomic mass is 19.1. The molecule has 1 aliphatic heterocycles. The van der Waals surface area contributed by atoms with Crippen LogP contribution in [0.25, 0.3) is 11.1 Å². The highest BCUT2D eigenvalue weighted by molar-refractivity contribution is 5.78. The lowest BCUT2D eigenvalue weighted by atomic mass is 9.75. The van der Waals surface area contributed by atoms with E-state index in [9.17, 15) is 19.6 Å². The molecule has 1 saturated heterocycles. The largest absolute Gasteiger partial charge is 0.394 e. The van der Waals surface area contributed by atoms with E-state index >= 15 is 0 Å². The van der Waals surface area contributed by atoms with Crippen molar-refractivity contribution >= 4 is 6.03 Å². The lowest BCUT2D eigenvalue weighted by Gasteiger charge is -2.51. The van der Waals surface area contributed by atoms with Gasteiger partial charge in [-0.25, -0.2) is 9.18 Å². The average molecular weight is 393 g/mol. The van der Waals surface area contributed by atoms with E-state index in [1.807, 2.05) is 30.3 Å². The smallest absolute Gasteiger partial charge is 0.319 e. The van der Waals surface area contributed by atoms with Crippen molar-refractivity contribution in [3.05, 3.63) is 59.9 Å². The number of benzene rings is 2. The van der Waals surface area contributed by atoms with Gasteiger partial charge in [0.15, 0.2) is 0 Å². The van der Waals surface area contributed by atoms with Crippen molar-refractivity contribution in [2.24, 2.45) is 0 Å². The summed E-state index contributed by atoms with van der Waals surface area (Å²) < 4.78 is 13.5. The minimum atomic E-state index is -0.617. The number of halogens is 1. The van der Waals surface area contributed by atoms with Gasteiger partial charge < -0.3 is 15.3 Å². The molecule has 2 fully saturated rings. The minimum absolute atomic E-state index is 0.158. The van der Waals surface area contributed by atoms with Crippen LogP contribution in [0.5, 0.6) is 0 Å². The Bertz CT molecular complexity index is 918. The third-order valence-electron chi connectivity index (χ3n) is 6.10. The number of hydrogen-bond acceptors (Lipinski definition) is 3. The van der Waals surface area contributed by atoms with Crippen LogP contribution in [0.15, 0.2) is 48.5 Å². The van der Waals surface area contributed by atoms with E-state index in [2.05, 4.69) is 11.4 Å². The molecule has 5 nitrogen and oxygen atoms in total. The van der Waals surface area contributed by atoms with Gasteiger partial charge in [-0.1, -0.05) is 49.2 Å². The summed E-state index contributed by atoms with van der Waals surface area (Å²) in [6, 6.07) is 15.0. The number of hydrogen-bond donors (Lipinski definition) is 2. The number of carbonyl (C=O) groups is 1. The molecule has 29 heavy (non-hydrogen) atoms. The number of rotatable bonds is 4. The number of likely N-dealkylation sites (tertiary alicyclic amines) is 1. The number of nitrogens with zero attached hydrogens (tertiary/aromatic N) is 2. The molecule has 2 aromatic rings. The van der Waals surface area contributed by atoms with Gasteiger partial charge in [-0.15, -0.1) is 0 Å². The van der Waals surface area contributed by atoms with Gasteiger partial charge in [-0.05, 0) is 41.7 Å². The molecule has 2 amide bonds. The Kier molecular flexibility index (Phi) is 5.50. The van der Waals surface area contributed by atoms with E-state index < -0.39 is 12.1 Å². The van der Waals surface area contributed by atoms with Gasteiger partial charge in [0, 0.05) is 12.0 Å². The van der Waals surface area contributed by atoms with Gasteiger partial charge in [0.05, 0.1) is 18.7 Å². The summed E-state index contributed by atoms with van der Waals surface area (Å²) >= 11 is 0. The molecule has 1 heterocycles. The van der Waals surface area contributed by atoms with E-state index in [0.29, 0.717) is 0 Å². The predicted molar refractivity (Wildman–Crippen MR) is 107 cm³/mol. The minimum Gasteiger partial charge on any atom is -0.394 e. The number of aliphatic hydroxyl groups excluding tert-OH is 1. The van der Waals surface area contributed by atoms with Crippen LogP contribution in [-0.4, -0.2) is 40.8 Å². The highest BCUT2D eigenvalue weighted by Gasteiger charge is 2.52. The van der Waals surface area contributed by atoms with Crippen LogP contribution in [0.1, 0.15) is 37.2 Å². The van der Waals surface area contributed by atoms with E-state index in [1.165, 1.54) is 17.0 Å². The third kappa shape index (κ3) is 3.70. The number of nitrogens with one attached hydrogen (secondary N) is 1. The summed E-state index contributed by atoms with van der Waals surface area (Å²) in [5, 5.41) is 22.6. The molecular formula is C23H24FN3O2. The lowest BCUT2D eigenvalue weighted by Crippen LogP contribution is -2.67. The van der Waals surface area contributed by atoms with Crippen molar-refractivity contribution in [2.75, 3.05) is 6.61 Å². The van der Waals surface area contributed by atoms with Crippen molar-refractivity contribution in [1.29, 1.82) is 5.26 Å². The molecule has 0 bridgehead atoms. The lowest BCUT2D eigenvalue weighted by molar-refractivity contribution is 0.0158. The number of aliphatic hydroxyl groups is 1. The van der Waals surface area contributed by atoms with Crippen LogP contribution in [0.4, 0.5) is 9.18 Å². The molecule has 1 saturated carbocycles. The van der Waals surface area contributed by atoms with E-state index in [1.54, 1.807) is 6.07 Å². The molecular weight excluding hydrogens is 369 g/mol. The highest BCUT2D eigenvalue weighted by Crippen LogP contribution is 2.41. The fraction of sp³-hybridized carbons (Fsp3) is 0.391. The maximum Gasteiger partial charge on any atom is 0.319 e. The molecule has 2 aliphatic rings. The topological polar surface area (TPSA) is 76.4 Å². The fourth-order valence-corrected chi connectivity index (χ4v) is 4.57. The Morgan fingerprint density at radius 3 is 2.52 bits per heavy atom. The first-order valence-corrected chi connectivity index (χ1v) is 10.1. The third-order valence-corrected chi connectivity index (χ3v) is 6.10. The second-order valence-electron chi connectivity index (χ2n) is 7.82. The molecule has 3 atom stereocenters. The Morgan fingerprint density at radius 1 is 1.17 bits per heavy atom. The van der Waals surface area contributed by atoms with Gasteiger partial charge in [-0.3, -0.25) is 0 Å². The second-order valence-corrected chi connectivity index (χ2v) is 7.82. The summed E-state index contributed by atoms with van der Waals surface area (Å²) in [6.07, 6.45) is 4.14. The monoisotopic (exact) mass is 393 g/mol. The second kappa shape index (κ2) is 8.22. The van der Waals surface area contributed by atoms with Crippen LogP contribution >= 0.6 is 0 Å². The zero-order valence-corrected chi connectivity index (χ0v) is 16.1. The number of urea groups is 1. The first-order chi connectivity index (χ1) is 14.1. The number of carbonyl (C=O) groups excluding carboxylic acids is 1. The van der Waals surface area contributed by atoms with Gasteiger partial charge in [0.25, 0.3) is 0 Å². The molecule has 0 radical (unpaired) electrons. The molecule has 1 aliphatic carbocycles. The molecule has 0 spiro atoms. The predicted octanol–water partition coefficient (Wildman–Crippen LogP) is 3.80. The summed E-state index contributed by atoms with van der Waals surface area (Å²) in [5.41, 5.74) is 2.54. The number of amides is 2. The Hall–Kier alpha value is -2.91. The normalized spacial score (nSPS) is 24.0. The van der Waals surface area contributed by atoms with Crippen molar-refractivity contribution in [3.8, 4) is 17.2 Å². The maximum absolute atomic E-state index is 13.5. The van der Waals surface area contributed by atoms with E-state index in [4.69, 9.17) is 0 Å². The zero-order chi connectivity index (χ0) is 20.4. The standard InChI is InChI=1S/C23H24FN3O2/c24-18-5-3-4-17(12-18)15-8-10-16(11-9-15)22-20(13-25)27(21(22)14-28)23(29)26-19-6-1-2-7-19/h3-5,8-12,19-22,28H,1-2,6-7,14H2,(H,26,29)/t20-,21-,22+/m1/s1. The first kappa shape index (κ1) is 19.4. The Morgan fingerprint density at radius 2 is 1.90 bits per heavy atom. The molecule has 0 aromatic heterocycles. The van der Waals surface area contributed by atoms with E-state index in [-0.39, 0.29) is 30.4 Å². The Balaban J connectivity index is 1.51. The van der Waals surface area contributed by atoms with Crippen LogP contribution in [-0.2, 0) is 0 Å². The van der Waals surface area contributed by atoms with E-state index in [0.717, 1.165) is 42.4 Å². The summed E-state index contributed by atoms with van der Waals surface area (Å²) in [5.74, 6) is -0.541. The van der Waals surface area contributed by atoms with Gasteiger partial charge in [0.1, 0.15) is 11.9 Å². The zero-order valence-electron chi connectivity index (χ0n) is 16.1. The van der Waals surface area contributed by atoms with Gasteiger partial charge in [-0.2, -0.15) is 5.26 Å². The van der Waals surface area contributed by atoms with Gasteiger partial charge in [0.2, 0.25) is 0 Å². The maximum atomic E-state index is 13.5. The van der Waals surface area contributed by atoms with Crippen molar-refractivity contribution in [1.82, 2.24) is 10.2 Å². The quantitative estimate of drug-likeness (QED) is 0.830. The summed E-state index contributed by atoms with van der Waals surface area (Å²) in [6.45, 7) is -0.202. The molecule has 4 rings (SSSR count). The molecule has 2 aromatic carbocycles. The molecule has 0 unspecified atom stereocenters. The fourth-order valence-electron chi connectivity index (χ4n) is 4.57. The van der Waals surface area contributed by atoms with Crippen molar-refractivity contribution in [2.45, 2.75) is 49.7 Å². The summed E-state index contributed by atoms with van der Waals surface area (Å²) in [7, 11) is 0. The molecule has 2 N–H and O–H groups in total. The SMILES string of the molecule is N#C[C@@H]1[C@H](c2ccc(-c3cccc(F)c3)cc2)[C@@H](CO)N1C(=O)NC1CCCC1. The number of nitriles is 1. The molecule has 150 valence electrons. The van der Waals surface area contributed by atoms with Crippen LogP contribution in [0, 0.1) is 17.1 Å². The summed E-state index contributed by atoms with van der Waals surface area (Å²) in [4.78, 5) is 14.2. The first-order valence-electron chi connectivity index (χ1n) is 10.1. The molecule has 6 heteroatoms. The van der Waals surface area contributed by atoms with Crippen molar-refractivity contribution < 1.29 is 14.3 Å². The average Bonchev–Trinajstić information content (AvgIpc) is 3.21. The van der Waals surface area contributed by atoms with Crippen LogP contribution in [0.2, 0.25) is 0 Å². The van der Waals surface area contributed by atoms with Crippen LogP contribution in [0.3, 0.4) is 0 Å². The van der Waals surface area contributed by atoms with Gasteiger partial charge >= 0.3 is 6.03 Å². The Labute approximate surface area is 169 Å².